The van der Waals surface area contributed by atoms with E-state index in [2.05, 4.69) is 38.0 Å². The molecule has 3 N–H and O–H groups in total. The van der Waals surface area contributed by atoms with Gasteiger partial charge >= 0.3 is 0 Å². The largest absolute Gasteiger partial charge is 0.377 e. The Labute approximate surface area is 110 Å². The Hall–Kier alpha value is -0.770. The highest BCUT2D eigenvalue weighted by molar-refractivity contribution is 5.78. The van der Waals surface area contributed by atoms with Gasteiger partial charge in [0.15, 0.2) is 5.96 Å². The Morgan fingerprint density at radius 3 is 2.89 bits per heavy atom. The lowest BCUT2D eigenvalue weighted by molar-refractivity contribution is -0.106. The number of aliphatic imine (C=N–C) groups is 1. The first kappa shape index (κ1) is 13.7. The molecule has 1 aliphatic heterocycles. The zero-order chi connectivity index (χ0) is 13.3. The van der Waals surface area contributed by atoms with Gasteiger partial charge in [-0.05, 0) is 18.8 Å². The highest BCUT2D eigenvalue weighted by Gasteiger charge is 2.59. The van der Waals surface area contributed by atoms with Gasteiger partial charge in [-0.2, -0.15) is 0 Å². The Morgan fingerprint density at radius 2 is 2.22 bits per heavy atom. The molecule has 18 heavy (non-hydrogen) atoms. The van der Waals surface area contributed by atoms with Crippen molar-refractivity contribution >= 4 is 5.96 Å². The molecule has 0 radical (unpaired) electrons. The lowest BCUT2D eigenvalue weighted by atomic mass is 9.57. The summed E-state index contributed by atoms with van der Waals surface area (Å²) in [7, 11) is 0. The van der Waals surface area contributed by atoms with E-state index in [4.69, 9.17) is 10.5 Å². The summed E-state index contributed by atoms with van der Waals surface area (Å²) in [6.45, 7) is 10.6. The molecule has 104 valence electrons. The average Bonchev–Trinajstić information content (AvgIpc) is 2.72. The predicted octanol–water partition coefficient (Wildman–Crippen LogP) is 1.75. The summed E-state index contributed by atoms with van der Waals surface area (Å²) in [5.74, 6) is 1.88. The monoisotopic (exact) mass is 253 g/mol. The van der Waals surface area contributed by atoms with E-state index in [-0.39, 0.29) is 5.41 Å². The lowest BCUT2D eigenvalue weighted by Crippen LogP contribution is -2.67. The Kier molecular flexibility index (Phi) is 3.85. The molecule has 2 fully saturated rings. The first-order valence-electron chi connectivity index (χ1n) is 7.11. The summed E-state index contributed by atoms with van der Waals surface area (Å²) < 4.78 is 5.77. The van der Waals surface area contributed by atoms with Crippen molar-refractivity contribution in [1.82, 2.24) is 5.32 Å². The van der Waals surface area contributed by atoms with Crippen molar-refractivity contribution in [3.63, 3.8) is 0 Å². The van der Waals surface area contributed by atoms with Crippen LogP contribution < -0.4 is 11.1 Å². The van der Waals surface area contributed by atoms with Gasteiger partial charge < -0.3 is 15.8 Å². The molecular formula is C14H27N3O. The van der Waals surface area contributed by atoms with Gasteiger partial charge in [-0.25, -0.2) is 0 Å². The molecule has 0 aromatic carbocycles. The minimum absolute atomic E-state index is 0.166. The number of fused-ring (bicyclic) bond motifs is 1. The normalized spacial score (nSPS) is 34.3. The average molecular weight is 253 g/mol. The van der Waals surface area contributed by atoms with Gasteiger partial charge in [-0.15, -0.1) is 0 Å². The molecule has 2 rings (SSSR count). The van der Waals surface area contributed by atoms with Gasteiger partial charge in [0.1, 0.15) is 0 Å². The molecule has 1 aliphatic carbocycles. The van der Waals surface area contributed by atoms with Crippen LogP contribution in [0.4, 0.5) is 0 Å². The van der Waals surface area contributed by atoms with Gasteiger partial charge in [0, 0.05) is 30.5 Å². The fraction of sp³-hybridized carbons (Fsp3) is 0.929. The molecule has 4 nitrogen and oxygen atoms in total. The van der Waals surface area contributed by atoms with E-state index in [1.807, 2.05) is 0 Å². The second kappa shape index (κ2) is 5.08. The predicted molar refractivity (Wildman–Crippen MR) is 74.5 cm³/mol. The van der Waals surface area contributed by atoms with Crippen molar-refractivity contribution in [1.29, 1.82) is 0 Å². The van der Waals surface area contributed by atoms with Crippen LogP contribution in [0, 0.1) is 17.3 Å². The van der Waals surface area contributed by atoms with Crippen LogP contribution in [0.2, 0.25) is 0 Å². The quantitative estimate of drug-likeness (QED) is 0.593. The van der Waals surface area contributed by atoms with E-state index in [0.717, 1.165) is 26.0 Å². The molecule has 3 unspecified atom stereocenters. The third-order valence-electron chi connectivity index (χ3n) is 4.39. The van der Waals surface area contributed by atoms with Crippen molar-refractivity contribution in [3.8, 4) is 0 Å². The van der Waals surface area contributed by atoms with Crippen LogP contribution in [-0.4, -0.2) is 31.3 Å². The summed E-state index contributed by atoms with van der Waals surface area (Å²) in [5, 5.41) is 3.40. The van der Waals surface area contributed by atoms with Crippen molar-refractivity contribution in [2.24, 2.45) is 28.0 Å². The second-order valence-electron chi connectivity index (χ2n) is 6.64. The van der Waals surface area contributed by atoms with Gasteiger partial charge in [0.25, 0.3) is 0 Å². The molecule has 0 spiro atoms. The maximum Gasteiger partial charge on any atom is 0.188 e. The van der Waals surface area contributed by atoms with Crippen LogP contribution in [0.25, 0.3) is 0 Å². The summed E-state index contributed by atoms with van der Waals surface area (Å²) in [6.07, 6.45) is 2.63. The summed E-state index contributed by atoms with van der Waals surface area (Å²) in [5.41, 5.74) is 6.14. The van der Waals surface area contributed by atoms with Crippen molar-refractivity contribution in [2.75, 3.05) is 13.2 Å². The number of nitrogens with two attached hydrogens (primary N) is 1. The van der Waals surface area contributed by atoms with Gasteiger partial charge in [-0.1, -0.05) is 27.7 Å². The number of hydrogen-bond donors (Lipinski definition) is 2. The number of rotatable bonds is 4. The molecule has 1 heterocycles. The molecule has 2 aliphatic rings. The molecule has 1 saturated heterocycles. The third-order valence-corrected chi connectivity index (χ3v) is 4.39. The molecular weight excluding hydrogens is 226 g/mol. The number of nitrogens with one attached hydrogen (secondary N) is 1. The van der Waals surface area contributed by atoms with Crippen molar-refractivity contribution in [2.45, 2.75) is 52.7 Å². The topological polar surface area (TPSA) is 59.6 Å². The van der Waals surface area contributed by atoms with Crippen LogP contribution in [0.5, 0.6) is 0 Å². The number of nitrogens with zero attached hydrogens (tertiary/aromatic N) is 1. The van der Waals surface area contributed by atoms with E-state index in [1.54, 1.807) is 0 Å². The first-order chi connectivity index (χ1) is 8.43. The molecule has 0 aromatic rings. The SMILES string of the molecule is CC(C)CCN=C(N)NC1C2CCOC2C1(C)C. The molecule has 0 amide bonds. The maximum atomic E-state index is 5.97. The highest BCUT2D eigenvalue weighted by Crippen LogP contribution is 2.51. The van der Waals surface area contributed by atoms with E-state index < -0.39 is 0 Å². The number of guanidine groups is 1. The van der Waals surface area contributed by atoms with Crippen LogP contribution in [-0.2, 0) is 4.74 Å². The lowest BCUT2D eigenvalue weighted by Gasteiger charge is -2.54. The van der Waals surface area contributed by atoms with Gasteiger partial charge in [-0.3, -0.25) is 4.99 Å². The van der Waals surface area contributed by atoms with E-state index >= 15 is 0 Å². The number of hydrogen-bond acceptors (Lipinski definition) is 2. The zero-order valence-electron chi connectivity index (χ0n) is 12.1. The Morgan fingerprint density at radius 1 is 1.50 bits per heavy atom. The van der Waals surface area contributed by atoms with Crippen LogP contribution in [0.3, 0.4) is 0 Å². The summed E-state index contributed by atoms with van der Waals surface area (Å²) in [4.78, 5) is 4.41. The Balaban J connectivity index is 1.85. The van der Waals surface area contributed by atoms with Crippen LogP contribution in [0.15, 0.2) is 4.99 Å². The first-order valence-corrected chi connectivity index (χ1v) is 7.11. The molecule has 3 atom stereocenters. The minimum atomic E-state index is 0.166. The summed E-state index contributed by atoms with van der Waals surface area (Å²) >= 11 is 0. The van der Waals surface area contributed by atoms with Crippen molar-refractivity contribution in [3.05, 3.63) is 0 Å². The third kappa shape index (κ3) is 2.48. The molecule has 1 saturated carbocycles. The van der Waals surface area contributed by atoms with E-state index in [1.165, 1.54) is 0 Å². The fourth-order valence-electron chi connectivity index (χ4n) is 3.27. The maximum absolute atomic E-state index is 5.97. The standard InChI is InChI=1S/C14H27N3O/c1-9(2)5-7-16-13(15)17-11-10-6-8-18-12(10)14(11,3)4/h9-12H,5-8H2,1-4H3,(H3,15,16,17). The van der Waals surface area contributed by atoms with Crippen LogP contribution >= 0.6 is 0 Å². The smallest absolute Gasteiger partial charge is 0.188 e. The van der Waals surface area contributed by atoms with Crippen LogP contribution in [0.1, 0.15) is 40.5 Å². The minimum Gasteiger partial charge on any atom is -0.377 e. The molecule has 4 heteroatoms. The van der Waals surface area contributed by atoms with Crippen molar-refractivity contribution < 1.29 is 4.74 Å². The summed E-state index contributed by atoms with van der Waals surface area (Å²) in [6, 6.07) is 0.410. The fourth-order valence-corrected chi connectivity index (χ4v) is 3.27. The van der Waals surface area contributed by atoms with E-state index in [0.29, 0.717) is 29.9 Å². The zero-order valence-corrected chi connectivity index (χ0v) is 12.1. The Bertz CT molecular complexity index is 325. The van der Waals surface area contributed by atoms with Gasteiger partial charge in [0.05, 0.1) is 6.10 Å². The molecule has 0 bridgehead atoms. The second-order valence-corrected chi connectivity index (χ2v) is 6.64. The van der Waals surface area contributed by atoms with E-state index in [9.17, 15) is 0 Å². The van der Waals surface area contributed by atoms with Gasteiger partial charge in [0.2, 0.25) is 0 Å². The number of ether oxygens (including phenoxy) is 1. The molecule has 0 aromatic heterocycles. The highest BCUT2D eigenvalue weighted by atomic mass is 16.5.